The van der Waals surface area contributed by atoms with Crippen LogP contribution < -0.4 is 11.1 Å². The van der Waals surface area contributed by atoms with Gasteiger partial charge in [-0.25, -0.2) is 0 Å². The third-order valence-corrected chi connectivity index (χ3v) is 5.72. The number of nitrogen functional groups attached to an aromatic ring is 1. The highest BCUT2D eigenvalue weighted by Gasteiger charge is 2.23. The van der Waals surface area contributed by atoms with E-state index in [-0.39, 0.29) is 38.1 Å². The van der Waals surface area contributed by atoms with Gasteiger partial charge in [0.25, 0.3) is 10.0 Å². The van der Waals surface area contributed by atoms with Crippen molar-refractivity contribution in [3.05, 3.63) is 57.0 Å². The monoisotopic (exact) mass is 442 g/mol. The fourth-order valence-corrected chi connectivity index (χ4v) is 4.25. The van der Waals surface area contributed by atoms with E-state index >= 15 is 0 Å². The van der Waals surface area contributed by atoms with Crippen molar-refractivity contribution >= 4 is 62.4 Å². The third kappa shape index (κ3) is 3.79. The second-order valence-electron chi connectivity index (χ2n) is 5.15. The second-order valence-corrected chi connectivity index (χ2v) is 8.17. The topological polar surface area (TPSA) is 127 Å². The molecule has 0 unspecified atom stereocenters. The quantitative estimate of drug-likeness (QED) is 0.629. The number of aromatic nitrogens is 3. The van der Waals surface area contributed by atoms with Crippen LogP contribution in [0.1, 0.15) is 5.56 Å². The van der Waals surface area contributed by atoms with Crippen LogP contribution in [0.25, 0.3) is 0 Å². The lowest BCUT2D eigenvalue weighted by atomic mass is 10.2. The van der Waals surface area contributed by atoms with Gasteiger partial charge < -0.3 is 11.1 Å². The molecule has 8 nitrogen and oxygen atoms in total. The first kappa shape index (κ1) is 19.3. The summed E-state index contributed by atoms with van der Waals surface area (Å²) < 4.78 is 26.0. The highest BCUT2D eigenvalue weighted by molar-refractivity contribution is 7.90. The first-order valence-corrected chi connectivity index (χ1v) is 9.69. The van der Waals surface area contributed by atoms with Gasteiger partial charge in [-0.05, 0) is 30.3 Å². The van der Waals surface area contributed by atoms with E-state index in [9.17, 15) is 8.42 Å². The third-order valence-electron chi connectivity index (χ3n) is 3.33. The first-order valence-electron chi connectivity index (χ1n) is 7.12. The van der Waals surface area contributed by atoms with Crippen molar-refractivity contribution in [3.63, 3.8) is 0 Å². The minimum atomic E-state index is -4.16. The van der Waals surface area contributed by atoms with E-state index in [1.807, 2.05) is 6.07 Å². The van der Waals surface area contributed by atoms with Crippen LogP contribution in [0.3, 0.4) is 0 Å². The molecule has 0 spiro atoms. The van der Waals surface area contributed by atoms with Crippen LogP contribution >= 0.6 is 34.8 Å². The number of anilines is 3. The summed E-state index contributed by atoms with van der Waals surface area (Å²) in [7, 11) is -4.16. The Hall–Kier alpha value is -2.51. The highest BCUT2D eigenvalue weighted by Crippen LogP contribution is 2.35. The van der Waals surface area contributed by atoms with Crippen molar-refractivity contribution in [2.45, 2.75) is 4.90 Å². The minimum absolute atomic E-state index is 0.140. The molecule has 0 aliphatic heterocycles. The van der Waals surface area contributed by atoms with Crippen molar-refractivity contribution in [1.82, 2.24) is 14.2 Å². The predicted octanol–water partition coefficient (Wildman–Crippen LogP) is 3.67. The molecule has 2 aromatic carbocycles. The Bertz CT molecular complexity index is 1160. The van der Waals surface area contributed by atoms with Crippen LogP contribution in [-0.4, -0.2) is 22.6 Å². The van der Waals surface area contributed by atoms with Crippen LogP contribution in [-0.2, 0) is 10.0 Å². The zero-order valence-corrected chi connectivity index (χ0v) is 16.3. The smallest absolute Gasteiger partial charge is 0.286 e. The first-order chi connectivity index (χ1) is 12.7. The minimum Gasteiger partial charge on any atom is -0.367 e. The summed E-state index contributed by atoms with van der Waals surface area (Å²) in [5.74, 6) is -0.528. The Labute approximate surface area is 169 Å². The van der Waals surface area contributed by atoms with Gasteiger partial charge in [-0.2, -0.15) is 18.7 Å². The largest absolute Gasteiger partial charge is 0.367 e. The van der Waals surface area contributed by atoms with Crippen LogP contribution in [0, 0.1) is 11.3 Å². The van der Waals surface area contributed by atoms with E-state index in [0.717, 1.165) is 0 Å². The Morgan fingerprint density at radius 3 is 2.44 bits per heavy atom. The van der Waals surface area contributed by atoms with Gasteiger partial charge in [-0.3, -0.25) is 0 Å². The molecule has 0 aliphatic rings. The van der Waals surface area contributed by atoms with Gasteiger partial charge in [0.05, 0.1) is 32.3 Å². The van der Waals surface area contributed by atoms with Crippen molar-refractivity contribution in [1.29, 1.82) is 5.26 Å². The maximum absolute atomic E-state index is 12.7. The summed E-state index contributed by atoms with van der Waals surface area (Å²) in [6, 6.07) is 10.2. The molecular formula is C15H9Cl3N6O2S. The van der Waals surface area contributed by atoms with Crippen molar-refractivity contribution < 1.29 is 8.42 Å². The summed E-state index contributed by atoms with van der Waals surface area (Å²) in [5, 5.41) is 16.2. The van der Waals surface area contributed by atoms with Gasteiger partial charge in [0, 0.05) is 5.02 Å². The molecule has 0 saturated carbocycles. The van der Waals surface area contributed by atoms with E-state index in [2.05, 4.69) is 15.4 Å². The van der Waals surface area contributed by atoms with Crippen molar-refractivity contribution in [2.24, 2.45) is 0 Å². The number of rotatable bonds is 4. The average molecular weight is 444 g/mol. The zero-order valence-electron chi connectivity index (χ0n) is 13.2. The Morgan fingerprint density at radius 1 is 1.15 bits per heavy atom. The molecule has 0 bridgehead atoms. The summed E-state index contributed by atoms with van der Waals surface area (Å²) in [4.78, 5) is 3.71. The summed E-state index contributed by atoms with van der Waals surface area (Å²) in [6.45, 7) is 0. The number of hydrogen-bond acceptors (Lipinski definition) is 7. The molecule has 0 amide bonds. The maximum atomic E-state index is 12.7. The number of nitrogens with zero attached hydrogens (tertiary/aromatic N) is 4. The molecule has 0 aliphatic carbocycles. The lowest BCUT2D eigenvalue weighted by Crippen LogP contribution is -2.17. The molecule has 3 rings (SSSR count). The lowest BCUT2D eigenvalue weighted by Gasteiger charge is -2.07. The van der Waals surface area contributed by atoms with Gasteiger partial charge in [0.15, 0.2) is 0 Å². The summed E-state index contributed by atoms with van der Waals surface area (Å²) in [6.07, 6.45) is 0. The molecule has 138 valence electrons. The molecule has 1 heterocycles. The van der Waals surface area contributed by atoms with Gasteiger partial charge in [0.2, 0.25) is 11.9 Å². The molecule has 3 aromatic rings. The van der Waals surface area contributed by atoms with E-state index in [4.69, 9.17) is 45.8 Å². The molecule has 0 radical (unpaired) electrons. The van der Waals surface area contributed by atoms with Gasteiger partial charge in [-0.1, -0.05) is 40.9 Å². The predicted molar refractivity (Wildman–Crippen MR) is 103 cm³/mol. The Morgan fingerprint density at radius 2 is 1.81 bits per heavy atom. The summed E-state index contributed by atoms with van der Waals surface area (Å²) >= 11 is 18.0. The lowest BCUT2D eigenvalue weighted by molar-refractivity contribution is 0.581. The molecule has 0 fully saturated rings. The van der Waals surface area contributed by atoms with Crippen LogP contribution in [0.5, 0.6) is 0 Å². The average Bonchev–Trinajstić information content (AvgIpc) is 2.99. The maximum Gasteiger partial charge on any atom is 0.286 e. The van der Waals surface area contributed by atoms with Crippen molar-refractivity contribution in [2.75, 3.05) is 11.1 Å². The number of nitriles is 1. The molecule has 1 aromatic heterocycles. The van der Waals surface area contributed by atoms with Crippen LogP contribution in [0.2, 0.25) is 15.1 Å². The van der Waals surface area contributed by atoms with Crippen LogP contribution in [0.15, 0.2) is 41.3 Å². The molecule has 3 N–H and O–H groups in total. The molecule has 12 heteroatoms. The number of nitrogens with one attached hydrogen (secondary N) is 1. The Kier molecular flexibility index (Phi) is 5.17. The van der Waals surface area contributed by atoms with E-state index in [1.165, 1.54) is 36.4 Å². The SMILES string of the molecule is N#Cc1cccc(S(=O)(=O)n2nc(Nc3c(Cl)cc(Cl)cc3Cl)nc2N)c1. The number of benzene rings is 2. The molecule has 27 heavy (non-hydrogen) atoms. The zero-order chi connectivity index (χ0) is 19.8. The van der Waals surface area contributed by atoms with E-state index < -0.39 is 10.0 Å². The molecular weight excluding hydrogens is 435 g/mol. The molecule has 0 saturated heterocycles. The van der Waals surface area contributed by atoms with Gasteiger partial charge in [0.1, 0.15) is 0 Å². The number of hydrogen-bond donors (Lipinski definition) is 2. The van der Waals surface area contributed by atoms with Gasteiger partial charge >= 0.3 is 0 Å². The number of halogens is 3. The van der Waals surface area contributed by atoms with Crippen LogP contribution in [0.4, 0.5) is 17.6 Å². The van der Waals surface area contributed by atoms with E-state index in [0.29, 0.717) is 9.11 Å². The van der Waals surface area contributed by atoms with Crippen molar-refractivity contribution in [3.8, 4) is 6.07 Å². The fraction of sp³-hybridized carbons (Fsp3) is 0. The second kappa shape index (κ2) is 7.25. The standard InChI is InChI=1S/C15H9Cl3N6O2S/c16-9-5-11(17)13(12(18)6-9)21-15-22-14(20)24(23-15)27(25,26)10-3-1-2-8(4-10)7-19/h1-6H,(H3,20,21,22,23). The fourth-order valence-electron chi connectivity index (χ4n) is 2.14. The normalized spacial score (nSPS) is 11.2. The van der Waals surface area contributed by atoms with E-state index in [1.54, 1.807) is 0 Å². The van der Waals surface area contributed by atoms with Gasteiger partial charge in [-0.15, -0.1) is 9.19 Å². The highest BCUT2D eigenvalue weighted by atomic mass is 35.5. The number of nitrogens with two attached hydrogens (primary N) is 1. The summed E-state index contributed by atoms with van der Waals surface area (Å²) in [5.41, 5.74) is 6.12. The molecule has 0 atom stereocenters. The Balaban J connectivity index is 2.01.